The first-order valence-corrected chi connectivity index (χ1v) is 15.9. The van der Waals surface area contributed by atoms with E-state index in [0.717, 1.165) is 0 Å². The van der Waals surface area contributed by atoms with Gasteiger partial charge in [0.25, 0.3) is 0 Å². The zero-order valence-corrected chi connectivity index (χ0v) is 16.4. The molecule has 0 saturated heterocycles. The van der Waals surface area contributed by atoms with Crippen LogP contribution in [0.3, 0.4) is 0 Å². The second-order valence-corrected chi connectivity index (χ2v) is 14.7. The van der Waals surface area contributed by atoms with Crippen molar-refractivity contribution in [3.05, 3.63) is 48.6 Å². The molecule has 0 radical (unpaired) electrons. The van der Waals surface area contributed by atoms with Crippen LogP contribution in [0.15, 0.2) is 48.6 Å². The molecule has 2 aliphatic carbocycles. The van der Waals surface area contributed by atoms with Crippen molar-refractivity contribution in [1.29, 1.82) is 0 Å². The summed E-state index contributed by atoms with van der Waals surface area (Å²) >= 11 is -1.92. The van der Waals surface area contributed by atoms with Gasteiger partial charge in [-0.05, 0) is 51.4 Å². The molecule has 0 spiro atoms. The van der Waals surface area contributed by atoms with Gasteiger partial charge in [-0.2, -0.15) is 0 Å². The Bertz CT molecular complexity index is 224. The predicted octanol–water partition coefficient (Wildman–Crippen LogP) is 7.41. The maximum absolute atomic E-state index is 4.97. The van der Waals surface area contributed by atoms with E-state index in [9.17, 15) is 0 Å². The Labute approximate surface area is 141 Å². The fraction of sp³-hybridized carbons (Fsp3) is 0.500. The maximum atomic E-state index is 4.97. The van der Waals surface area contributed by atoms with Gasteiger partial charge < -0.3 is 0 Å². The van der Waals surface area contributed by atoms with Crippen molar-refractivity contribution in [1.82, 2.24) is 0 Å². The van der Waals surface area contributed by atoms with E-state index >= 15 is 0 Å². The Kier molecular flexibility index (Phi) is 18.0. The molecule has 2 aliphatic rings. The van der Waals surface area contributed by atoms with Gasteiger partial charge in [-0.25, -0.2) is 0 Å². The van der Waals surface area contributed by atoms with Crippen LogP contribution in [-0.4, -0.2) is 0 Å². The van der Waals surface area contributed by atoms with Gasteiger partial charge in [-0.1, -0.05) is 48.6 Å². The Morgan fingerprint density at radius 3 is 0.600 bits per heavy atom. The van der Waals surface area contributed by atoms with Crippen LogP contribution in [0.4, 0.5) is 0 Å². The topological polar surface area (TPSA) is 0 Å². The van der Waals surface area contributed by atoms with E-state index < -0.39 is 13.5 Å². The number of hydrogen-bond donors (Lipinski definition) is 0. The first-order chi connectivity index (χ1) is 9.73. The van der Waals surface area contributed by atoms with E-state index in [1.807, 2.05) is 0 Å². The Morgan fingerprint density at radius 1 is 0.400 bits per heavy atom. The van der Waals surface area contributed by atoms with Crippen molar-refractivity contribution in [2.75, 3.05) is 0 Å². The molecular formula is C16H24Cl3Ir. The van der Waals surface area contributed by atoms with Crippen molar-refractivity contribution >= 4 is 28.8 Å². The molecule has 0 unspecified atom stereocenters. The van der Waals surface area contributed by atoms with Crippen LogP contribution in [0.1, 0.15) is 51.4 Å². The van der Waals surface area contributed by atoms with Gasteiger partial charge in [0.1, 0.15) is 0 Å². The summed E-state index contributed by atoms with van der Waals surface area (Å²) in [4.78, 5) is 0. The molecule has 4 heteroatoms. The number of allylic oxidation sites excluding steroid dienone is 8. The summed E-state index contributed by atoms with van der Waals surface area (Å²) in [6, 6.07) is 0. The van der Waals surface area contributed by atoms with Crippen molar-refractivity contribution in [3.8, 4) is 0 Å². The zero-order chi connectivity index (χ0) is 14.9. The molecule has 0 atom stereocenters. The van der Waals surface area contributed by atoms with Gasteiger partial charge in [0.05, 0.1) is 0 Å². The summed E-state index contributed by atoms with van der Waals surface area (Å²) in [5, 5.41) is 0. The van der Waals surface area contributed by atoms with Crippen LogP contribution in [0, 0.1) is 0 Å². The molecule has 0 bridgehead atoms. The van der Waals surface area contributed by atoms with Crippen LogP contribution in [0.2, 0.25) is 0 Å². The van der Waals surface area contributed by atoms with Gasteiger partial charge in [0.2, 0.25) is 0 Å². The standard InChI is InChI=1S/2C8H12.3ClH.Ir/c2*1-2-4-6-8-7-5-3-1;;;;/h2*1-2,7-8H,3-6H2;3*1H;/q;;;;;+3/p-3. The summed E-state index contributed by atoms with van der Waals surface area (Å²) in [5.74, 6) is 0. The Morgan fingerprint density at radius 2 is 0.500 bits per heavy atom. The van der Waals surface area contributed by atoms with Crippen LogP contribution in [-0.2, 0) is 13.5 Å². The monoisotopic (exact) mass is 514 g/mol. The summed E-state index contributed by atoms with van der Waals surface area (Å²) < 4.78 is 0. The average Bonchev–Trinajstić information content (AvgIpc) is 2.26. The van der Waals surface area contributed by atoms with Crippen molar-refractivity contribution < 1.29 is 13.5 Å². The molecule has 0 fully saturated rings. The number of hydrogen-bond acceptors (Lipinski definition) is 0. The van der Waals surface area contributed by atoms with E-state index in [1.165, 1.54) is 51.4 Å². The van der Waals surface area contributed by atoms with Crippen molar-refractivity contribution in [2.45, 2.75) is 51.4 Å². The third-order valence-corrected chi connectivity index (χ3v) is 2.67. The minimum absolute atomic E-state index is 1.23. The normalized spacial score (nSPS) is 18.2. The third-order valence-electron chi connectivity index (χ3n) is 2.67. The van der Waals surface area contributed by atoms with Gasteiger partial charge in [0.15, 0.2) is 0 Å². The minimum atomic E-state index is -1.92. The average molecular weight is 515 g/mol. The molecule has 20 heavy (non-hydrogen) atoms. The predicted molar refractivity (Wildman–Crippen MR) is 91.1 cm³/mol. The van der Waals surface area contributed by atoms with Crippen LogP contribution < -0.4 is 0 Å². The van der Waals surface area contributed by atoms with Crippen LogP contribution in [0.5, 0.6) is 0 Å². The van der Waals surface area contributed by atoms with E-state index in [-0.39, 0.29) is 0 Å². The molecule has 0 N–H and O–H groups in total. The van der Waals surface area contributed by atoms with E-state index in [4.69, 9.17) is 28.8 Å². The zero-order valence-electron chi connectivity index (χ0n) is 11.7. The van der Waals surface area contributed by atoms with E-state index in [1.54, 1.807) is 0 Å². The van der Waals surface area contributed by atoms with Gasteiger partial charge in [0, 0.05) is 0 Å². The molecule has 2 rings (SSSR count). The molecule has 118 valence electrons. The summed E-state index contributed by atoms with van der Waals surface area (Å²) in [6.07, 6.45) is 28.0. The molecule has 0 heterocycles. The fourth-order valence-electron chi connectivity index (χ4n) is 1.71. The van der Waals surface area contributed by atoms with Crippen LogP contribution in [0.25, 0.3) is 0 Å². The molecule has 0 aliphatic heterocycles. The summed E-state index contributed by atoms with van der Waals surface area (Å²) in [7, 11) is 14.9. The van der Waals surface area contributed by atoms with Crippen LogP contribution >= 0.6 is 28.8 Å². The van der Waals surface area contributed by atoms with Crippen molar-refractivity contribution in [2.24, 2.45) is 0 Å². The van der Waals surface area contributed by atoms with Gasteiger partial charge in [-0.3, -0.25) is 0 Å². The summed E-state index contributed by atoms with van der Waals surface area (Å²) in [6.45, 7) is 0. The Balaban J connectivity index is 0.000000289. The molecule has 0 aromatic carbocycles. The quantitative estimate of drug-likeness (QED) is 0.295. The second-order valence-electron chi connectivity index (χ2n) is 4.34. The fourth-order valence-corrected chi connectivity index (χ4v) is 1.71. The first-order valence-electron chi connectivity index (χ1n) is 6.98. The van der Waals surface area contributed by atoms with Gasteiger partial charge >= 0.3 is 42.2 Å². The molecule has 0 saturated carbocycles. The first kappa shape index (κ1) is 20.5. The molecular weight excluding hydrogens is 491 g/mol. The summed E-state index contributed by atoms with van der Waals surface area (Å²) in [5.41, 5.74) is 0. The second kappa shape index (κ2) is 17.5. The van der Waals surface area contributed by atoms with E-state index in [0.29, 0.717) is 0 Å². The molecule has 0 aromatic rings. The van der Waals surface area contributed by atoms with Gasteiger partial charge in [-0.15, -0.1) is 0 Å². The Hall–Kier alpha value is 0.479. The van der Waals surface area contributed by atoms with E-state index in [2.05, 4.69) is 48.6 Å². The molecule has 0 nitrogen and oxygen atoms in total. The molecule has 0 amide bonds. The SMILES string of the molecule is C1=CCCC=CCC1.C1=CCCC=CCC1.[Cl][Ir]([Cl])[Cl]. The van der Waals surface area contributed by atoms with Crippen molar-refractivity contribution in [3.63, 3.8) is 0 Å². The number of rotatable bonds is 0. The number of halogens is 3. The third kappa shape index (κ3) is 20.8. The molecule has 0 aromatic heterocycles.